The van der Waals surface area contributed by atoms with E-state index in [2.05, 4.69) is 15.8 Å². The number of aromatic nitrogens is 1. The van der Waals surface area contributed by atoms with Crippen LogP contribution in [-0.2, 0) is 6.61 Å². The molecule has 0 unspecified atom stereocenters. The van der Waals surface area contributed by atoms with Crippen LogP contribution >= 0.6 is 11.3 Å². The molecule has 0 atom stereocenters. The first kappa shape index (κ1) is 20.4. The van der Waals surface area contributed by atoms with E-state index >= 15 is 0 Å². The van der Waals surface area contributed by atoms with Gasteiger partial charge in [0.25, 0.3) is 5.91 Å². The van der Waals surface area contributed by atoms with Crippen LogP contribution in [0.3, 0.4) is 0 Å². The second kappa shape index (κ2) is 8.88. The van der Waals surface area contributed by atoms with E-state index in [0.29, 0.717) is 28.2 Å². The van der Waals surface area contributed by atoms with Crippen molar-refractivity contribution in [1.29, 1.82) is 0 Å². The zero-order valence-electron chi connectivity index (χ0n) is 16.8. The maximum atomic E-state index is 12.5. The van der Waals surface area contributed by atoms with Crippen molar-refractivity contribution in [2.75, 3.05) is 7.11 Å². The number of furan rings is 1. The summed E-state index contributed by atoms with van der Waals surface area (Å²) in [4.78, 5) is 29.1. The number of benzene rings is 2. The number of carbonyl (C=O) groups is 2. The second-order valence-corrected chi connectivity index (χ2v) is 7.31. The summed E-state index contributed by atoms with van der Waals surface area (Å²) in [6, 6.07) is 12.1. The fourth-order valence-corrected chi connectivity index (χ4v) is 3.57. The summed E-state index contributed by atoms with van der Waals surface area (Å²) < 4.78 is 16.6. The number of hydrazine groups is 1. The van der Waals surface area contributed by atoms with E-state index in [-0.39, 0.29) is 12.4 Å². The highest BCUT2D eigenvalue weighted by Crippen LogP contribution is 2.29. The van der Waals surface area contributed by atoms with Gasteiger partial charge in [-0.15, -0.1) is 11.3 Å². The summed E-state index contributed by atoms with van der Waals surface area (Å²) >= 11 is 1.48. The summed E-state index contributed by atoms with van der Waals surface area (Å²) in [5.74, 6) is -0.0371. The summed E-state index contributed by atoms with van der Waals surface area (Å²) in [6.07, 6.45) is 0. The number of aryl methyl sites for hydroxylation is 1. The fourth-order valence-electron chi connectivity index (χ4n) is 3.02. The summed E-state index contributed by atoms with van der Waals surface area (Å²) in [6.45, 7) is 2.08. The van der Waals surface area contributed by atoms with Gasteiger partial charge in [0.15, 0.2) is 17.3 Å². The number of thiazole rings is 1. The van der Waals surface area contributed by atoms with Gasteiger partial charge in [0.2, 0.25) is 0 Å². The standard InChI is InChI=1S/C22H19N3O5S/c1-13-16-5-3-4-6-17(16)30-20(13)22(27)25-24-21(26)14-7-8-18(19(9-14)28-2)29-10-15-11-31-12-23-15/h3-9,11-12H,10H2,1-2H3,(H,24,26)(H,25,27). The lowest BCUT2D eigenvalue weighted by atomic mass is 10.1. The molecule has 4 aromatic rings. The number of methoxy groups -OCH3 is 1. The molecule has 158 valence electrons. The normalized spacial score (nSPS) is 10.6. The van der Waals surface area contributed by atoms with Crippen molar-refractivity contribution in [3.05, 3.63) is 75.9 Å². The third-order valence-corrected chi connectivity index (χ3v) is 5.26. The Labute approximate surface area is 181 Å². The van der Waals surface area contributed by atoms with E-state index in [9.17, 15) is 9.59 Å². The van der Waals surface area contributed by atoms with Crippen LogP contribution in [0.5, 0.6) is 11.5 Å². The molecule has 0 fully saturated rings. The Kier molecular flexibility index (Phi) is 5.85. The molecule has 4 rings (SSSR count). The average molecular weight is 437 g/mol. The van der Waals surface area contributed by atoms with Crippen molar-refractivity contribution in [2.24, 2.45) is 0 Å². The highest BCUT2D eigenvalue weighted by molar-refractivity contribution is 7.07. The van der Waals surface area contributed by atoms with Gasteiger partial charge in [0, 0.05) is 21.9 Å². The summed E-state index contributed by atoms with van der Waals surface area (Å²) in [7, 11) is 1.48. The van der Waals surface area contributed by atoms with E-state index in [1.807, 2.05) is 23.6 Å². The Bertz CT molecular complexity index is 1230. The number of amides is 2. The number of para-hydroxylation sites is 1. The second-order valence-electron chi connectivity index (χ2n) is 6.59. The zero-order chi connectivity index (χ0) is 21.8. The van der Waals surface area contributed by atoms with Crippen LogP contribution in [-0.4, -0.2) is 23.9 Å². The first-order valence-corrected chi connectivity index (χ1v) is 10.3. The van der Waals surface area contributed by atoms with Gasteiger partial charge in [0.1, 0.15) is 12.2 Å². The minimum absolute atomic E-state index is 0.143. The van der Waals surface area contributed by atoms with E-state index in [1.165, 1.54) is 24.5 Å². The molecule has 0 aliphatic carbocycles. The van der Waals surface area contributed by atoms with Gasteiger partial charge in [-0.2, -0.15) is 0 Å². The number of hydrogen-bond acceptors (Lipinski definition) is 7. The van der Waals surface area contributed by atoms with Gasteiger partial charge in [-0.1, -0.05) is 18.2 Å². The van der Waals surface area contributed by atoms with Crippen molar-refractivity contribution in [3.63, 3.8) is 0 Å². The third-order valence-electron chi connectivity index (χ3n) is 4.62. The average Bonchev–Trinajstić information content (AvgIpc) is 3.44. The molecule has 2 N–H and O–H groups in total. The maximum absolute atomic E-state index is 12.5. The smallest absolute Gasteiger partial charge is 0.305 e. The van der Waals surface area contributed by atoms with E-state index < -0.39 is 11.8 Å². The van der Waals surface area contributed by atoms with Crippen molar-refractivity contribution < 1.29 is 23.5 Å². The highest BCUT2D eigenvalue weighted by atomic mass is 32.1. The molecule has 0 saturated carbocycles. The van der Waals surface area contributed by atoms with Crippen LogP contribution in [0.1, 0.15) is 32.2 Å². The monoisotopic (exact) mass is 437 g/mol. The Morgan fingerprint density at radius 3 is 2.65 bits per heavy atom. The van der Waals surface area contributed by atoms with Crippen molar-refractivity contribution in [2.45, 2.75) is 13.5 Å². The Morgan fingerprint density at radius 1 is 1.10 bits per heavy atom. The van der Waals surface area contributed by atoms with Crippen molar-refractivity contribution >= 4 is 34.1 Å². The molecule has 2 amide bonds. The third kappa shape index (κ3) is 4.36. The van der Waals surface area contributed by atoms with Crippen LogP contribution in [0.2, 0.25) is 0 Å². The van der Waals surface area contributed by atoms with E-state index in [4.69, 9.17) is 13.9 Å². The first-order valence-electron chi connectivity index (χ1n) is 9.33. The lowest BCUT2D eigenvalue weighted by Gasteiger charge is -2.12. The quantitative estimate of drug-likeness (QED) is 0.444. The number of carbonyl (C=O) groups excluding carboxylic acids is 2. The molecular weight excluding hydrogens is 418 g/mol. The predicted molar refractivity (Wildman–Crippen MR) is 115 cm³/mol. The molecule has 2 aromatic heterocycles. The molecule has 2 aromatic carbocycles. The Hall–Kier alpha value is -3.85. The fraction of sp³-hybridized carbons (Fsp3) is 0.136. The van der Waals surface area contributed by atoms with Gasteiger partial charge in [-0.3, -0.25) is 20.4 Å². The molecule has 0 radical (unpaired) electrons. The van der Waals surface area contributed by atoms with E-state index in [0.717, 1.165) is 11.1 Å². The number of nitrogens with one attached hydrogen (secondary N) is 2. The highest BCUT2D eigenvalue weighted by Gasteiger charge is 2.18. The molecule has 0 aliphatic rings. The number of nitrogens with zero attached hydrogens (tertiary/aromatic N) is 1. The molecule has 2 heterocycles. The largest absolute Gasteiger partial charge is 0.493 e. The van der Waals surface area contributed by atoms with Gasteiger partial charge in [-0.05, 0) is 31.2 Å². The Morgan fingerprint density at radius 2 is 1.90 bits per heavy atom. The molecular formula is C22H19N3O5S. The van der Waals surface area contributed by atoms with Crippen molar-refractivity contribution in [1.82, 2.24) is 15.8 Å². The minimum atomic E-state index is -0.544. The van der Waals surface area contributed by atoms with Crippen LogP contribution in [0.15, 0.2) is 57.8 Å². The summed E-state index contributed by atoms with van der Waals surface area (Å²) in [5, 5.41) is 2.73. The molecule has 0 bridgehead atoms. The predicted octanol–water partition coefficient (Wildman–Crippen LogP) is 3.86. The topological polar surface area (TPSA) is 103 Å². The lowest BCUT2D eigenvalue weighted by Crippen LogP contribution is -2.41. The molecule has 9 heteroatoms. The lowest BCUT2D eigenvalue weighted by molar-refractivity contribution is 0.0831. The zero-order valence-corrected chi connectivity index (χ0v) is 17.6. The van der Waals surface area contributed by atoms with Crippen LogP contribution in [0, 0.1) is 6.92 Å². The van der Waals surface area contributed by atoms with Crippen molar-refractivity contribution in [3.8, 4) is 11.5 Å². The first-order chi connectivity index (χ1) is 15.1. The number of ether oxygens (including phenoxy) is 2. The maximum Gasteiger partial charge on any atom is 0.305 e. The number of hydrogen-bond donors (Lipinski definition) is 2. The molecule has 0 spiro atoms. The van der Waals surface area contributed by atoms with Gasteiger partial charge < -0.3 is 13.9 Å². The molecule has 8 nitrogen and oxygen atoms in total. The van der Waals surface area contributed by atoms with E-state index in [1.54, 1.807) is 30.6 Å². The van der Waals surface area contributed by atoms with Gasteiger partial charge in [-0.25, -0.2) is 4.98 Å². The number of rotatable bonds is 6. The molecule has 31 heavy (non-hydrogen) atoms. The SMILES string of the molecule is COc1cc(C(=O)NNC(=O)c2oc3ccccc3c2C)ccc1OCc1cscn1. The number of fused-ring (bicyclic) bond motifs is 1. The minimum Gasteiger partial charge on any atom is -0.493 e. The van der Waals surface area contributed by atoms with Gasteiger partial charge >= 0.3 is 5.91 Å². The van der Waals surface area contributed by atoms with Crippen LogP contribution < -0.4 is 20.3 Å². The molecule has 0 saturated heterocycles. The van der Waals surface area contributed by atoms with Crippen LogP contribution in [0.4, 0.5) is 0 Å². The Balaban J connectivity index is 1.41. The van der Waals surface area contributed by atoms with Gasteiger partial charge in [0.05, 0.1) is 18.3 Å². The summed E-state index contributed by atoms with van der Waals surface area (Å²) in [5.41, 5.74) is 8.90. The molecule has 0 aliphatic heterocycles. The van der Waals surface area contributed by atoms with Crippen LogP contribution in [0.25, 0.3) is 11.0 Å².